The van der Waals surface area contributed by atoms with Crippen LogP contribution < -0.4 is 0 Å². The Morgan fingerprint density at radius 3 is 2.23 bits per heavy atom. The Morgan fingerprint density at radius 2 is 1.77 bits per heavy atom. The number of ether oxygens (including phenoxy) is 1. The van der Waals surface area contributed by atoms with Crippen molar-refractivity contribution in [2.45, 2.75) is 26.8 Å². The zero-order valence-corrected chi connectivity index (χ0v) is 8.75. The second-order valence-electron chi connectivity index (χ2n) is 3.88. The molecule has 1 rings (SSSR count). The lowest BCUT2D eigenvalue weighted by Crippen LogP contribution is -2.46. The van der Waals surface area contributed by atoms with Crippen LogP contribution in [0.25, 0.3) is 0 Å². The van der Waals surface area contributed by atoms with E-state index in [0.717, 1.165) is 26.3 Å². The van der Waals surface area contributed by atoms with Crippen molar-refractivity contribution in [2.24, 2.45) is 5.92 Å². The van der Waals surface area contributed by atoms with Gasteiger partial charge < -0.3 is 4.74 Å². The summed E-state index contributed by atoms with van der Waals surface area (Å²) in [6.07, 6.45) is 0. The molecule has 0 spiro atoms. The van der Waals surface area contributed by atoms with Crippen LogP contribution in [0.15, 0.2) is 0 Å². The van der Waals surface area contributed by atoms with Crippen molar-refractivity contribution in [3.8, 4) is 0 Å². The Labute approximate surface area is 80.1 Å². The molecule has 0 aromatic heterocycles. The smallest absolute Gasteiger partial charge is 0.152 e. The molecular weight excluding hydrogens is 166 g/mol. The molecule has 0 aliphatic carbocycles. The van der Waals surface area contributed by atoms with Gasteiger partial charge in [0, 0.05) is 19.0 Å². The number of hydrogen-bond donors (Lipinski definition) is 0. The number of Topliss-reactive ketones (excluding diaryl/α,β-unsaturated/α-hetero) is 1. The van der Waals surface area contributed by atoms with Crippen LogP contribution in [0.4, 0.5) is 0 Å². The molecule has 13 heavy (non-hydrogen) atoms. The molecule has 1 fully saturated rings. The van der Waals surface area contributed by atoms with Crippen LogP contribution in [0, 0.1) is 5.92 Å². The SMILES string of the molecule is CC(C)C(=O)[C@@H](C)N1CCOCC1. The Kier molecular flexibility index (Phi) is 3.88. The summed E-state index contributed by atoms with van der Waals surface area (Å²) in [5.41, 5.74) is 0. The summed E-state index contributed by atoms with van der Waals surface area (Å²) in [4.78, 5) is 13.9. The average molecular weight is 185 g/mol. The van der Waals surface area contributed by atoms with Crippen LogP contribution in [0.1, 0.15) is 20.8 Å². The van der Waals surface area contributed by atoms with E-state index < -0.39 is 0 Å². The molecule has 0 radical (unpaired) electrons. The lowest BCUT2D eigenvalue weighted by molar-refractivity contribution is -0.128. The second-order valence-corrected chi connectivity index (χ2v) is 3.88. The maximum absolute atomic E-state index is 11.7. The molecule has 1 aliphatic heterocycles. The number of nitrogens with zero attached hydrogens (tertiary/aromatic N) is 1. The topological polar surface area (TPSA) is 29.5 Å². The number of hydrogen-bond acceptors (Lipinski definition) is 3. The fraction of sp³-hybridized carbons (Fsp3) is 0.900. The zero-order valence-electron chi connectivity index (χ0n) is 8.75. The Balaban J connectivity index is 2.45. The van der Waals surface area contributed by atoms with Crippen LogP contribution in [0.5, 0.6) is 0 Å². The molecular formula is C10H19NO2. The van der Waals surface area contributed by atoms with E-state index in [4.69, 9.17) is 4.74 Å². The van der Waals surface area contributed by atoms with Crippen molar-refractivity contribution in [2.75, 3.05) is 26.3 Å². The lowest BCUT2D eigenvalue weighted by Gasteiger charge is -2.32. The molecule has 76 valence electrons. The quantitative estimate of drug-likeness (QED) is 0.655. The Hall–Kier alpha value is -0.410. The molecule has 3 nitrogen and oxygen atoms in total. The molecule has 1 aliphatic rings. The molecule has 0 bridgehead atoms. The van der Waals surface area contributed by atoms with E-state index in [0.29, 0.717) is 5.78 Å². The van der Waals surface area contributed by atoms with E-state index >= 15 is 0 Å². The lowest BCUT2D eigenvalue weighted by atomic mass is 10.0. The van der Waals surface area contributed by atoms with Crippen LogP contribution in [-0.4, -0.2) is 43.0 Å². The van der Waals surface area contributed by atoms with Crippen LogP contribution in [0.2, 0.25) is 0 Å². The fourth-order valence-corrected chi connectivity index (χ4v) is 1.63. The van der Waals surface area contributed by atoms with Gasteiger partial charge in [-0.1, -0.05) is 13.8 Å². The van der Waals surface area contributed by atoms with E-state index in [2.05, 4.69) is 4.90 Å². The monoisotopic (exact) mass is 185 g/mol. The molecule has 1 heterocycles. The number of carbonyl (C=O) groups excluding carboxylic acids is 1. The molecule has 0 amide bonds. The van der Waals surface area contributed by atoms with Gasteiger partial charge in [0.2, 0.25) is 0 Å². The minimum atomic E-state index is 0.0592. The van der Waals surface area contributed by atoms with Crippen LogP contribution in [0.3, 0.4) is 0 Å². The predicted molar refractivity (Wildman–Crippen MR) is 51.7 cm³/mol. The van der Waals surface area contributed by atoms with Crippen molar-refractivity contribution < 1.29 is 9.53 Å². The number of carbonyl (C=O) groups is 1. The fourth-order valence-electron chi connectivity index (χ4n) is 1.63. The maximum atomic E-state index is 11.7. The van der Waals surface area contributed by atoms with Crippen molar-refractivity contribution in [1.29, 1.82) is 0 Å². The van der Waals surface area contributed by atoms with Gasteiger partial charge in [0.1, 0.15) is 0 Å². The number of rotatable bonds is 3. The minimum absolute atomic E-state index is 0.0592. The van der Waals surface area contributed by atoms with E-state index in [1.165, 1.54) is 0 Å². The van der Waals surface area contributed by atoms with E-state index in [1.54, 1.807) is 0 Å². The first kappa shape index (κ1) is 10.7. The first-order chi connectivity index (χ1) is 6.13. The van der Waals surface area contributed by atoms with E-state index in [1.807, 2.05) is 20.8 Å². The van der Waals surface area contributed by atoms with Gasteiger partial charge in [-0.25, -0.2) is 0 Å². The standard InChI is InChI=1S/C10H19NO2/c1-8(2)10(12)9(3)11-4-6-13-7-5-11/h8-9H,4-7H2,1-3H3/t9-/m1/s1. The highest BCUT2D eigenvalue weighted by molar-refractivity contribution is 5.85. The molecule has 0 unspecified atom stereocenters. The van der Waals surface area contributed by atoms with Gasteiger partial charge in [-0.05, 0) is 6.92 Å². The summed E-state index contributed by atoms with van der Waals surface area (Å²) >= 11 is 0. The van der Waals surface area contributed by atoms with Crippen molar-refractivity contribution >= 4 is 5.78 Å². The summed E-state index contributed by atoms with van der Waals surface area (Å²) in [7, 11) is 0. The number of ketones is 1. The van der Waals surface area contributed by atoms with Gasteiger partial charge in [0.05, 0.1) is 19.3 Å². The molecule has 3 heteroatoms. The van der Waals surface area contributed by atoms with Gasteiger partial charge in [-0.3, -0.25) is 9.69 Å². The van der Waals surface area contributed by atoms with Gasteiger partial charge in [0.25, 0.3) is 0 Å². The molecule has 1 atom stereocenters. The minimum Gasteiger partial charge on any atom is -0.379 e. The Bertz CT molecular complexity index is 174. The van der Waals surface area contributed by atoms with Gasteiger partial charge >= 0.3 is 0 Å². The number of morpholine rings is 1. The summed E-state index contributed by atoms with van der Waals surface area (Å²) in [5, 5.41) is 0. The Morgan fingerprint density at radius 1 is 1.23 bits per heavy atom. The van der Waals surface area contributed by atoms with Crippen LogP contribution in [-0.2, 0) is 9.53 Å². The molecule has 0 saturated carbocycles. The third kappa shape index (κ3) is 2.78. The third-order valence-corrected chi connectivity index (χ3v) is 2.57. The molecule has 1 saturated heterocycles. The highest BCUT2D eigenvalue weighted by atomic mass is 16.5. The summed E-state index contributed by atoms with van der Waals surface area (Å²) in [6, 6.07) is 0.0592. The second kappa shape index (κ2) is 4.72. The maximum Gasteiger partial charge on any atom is 0.152 e. The third-order valence-electron chi connectivity index (χ3n) is 2.57. The average Bonchev–Trinajstić information content (AvgIpc) is 2.17. The molecule has 0 aromatic rings. The van der Waals surface area contributed by atoms with E-state index in [-0.39, 0.29) is 12.0 Å². The molecule has 0 N–H and O–H groups in total. The van der Waals surface area contributed by atoms with Gasteiger partial charge in [0.15, 0.2) is 5.78 Å². The van der Waals surface area contributed by atoms with Gasteiger partial charge in [-0.2, -0.15) is 0 Å². The van der Waals surface area contributed by atoms with Gasteiger partial charge in [-0.15, -0.1) is 0 Å². The highest BCUT2D eigenvalue weighted by Crippen LogP contribution is 2.09. The molecule has 0 aromatic carbocycles. The highest BCUT2D eigenvalue weighted by Gasteiger charge is 2.24. The first-order valence-electron chi connectivity index (χ1n) is 4.98. The summed E-state index contributed by atoms with van der Waals surface area (Å²) < 4.78 is 5.24. The summed E-state index contributed by atoms with van der Waals surface area (Å²) in [6.45, 7) is 9.21. The largest absolute Gasteiger partial charge is 0.379 e. The predicted octanol–water partition coefficient (Wildman–Crippen LogP) is 0.932. The zero-order chi connectivity index (χ0) is 9.84. The first-order valence-corrected chi connectivity index (χ1v) is 4.98. The normalized spacial score (nSPS) is 21.8. The van der Waals surface area contributed by atoms with Crippen molar-refractivity contribution in [3.63, 3.8) is 0 Å². The van der Waals surface area contributed by atoms with E-state index in [9.17, 15) is 4.79 Å². The summed E-state index contributed by atoms with van der Waals surface area (Å²) in [5.74, 6) is 0.472. The van der Waals surface area contributed by atoms with Crippen LogP contribution >= 0.6 is 0 Å². The van der Waals surface area contributed by atoms with Crippen molar-refractivity contribution in [1.82, 2.24) is 4.90 Å². The van der Waals surface area contributed by atoms with Crippen molar-refractivity contribution in [3.05, 3.63) is 0 Å².